The van der Waals surface area contributed by atoms with Crippen molar-refractivity contribution in [1.29, 1.82) is 0 Å². The van der Waals surface area contributed by atoms with Crippen LogP contribution in [0.15, 0.2) is 48.5 Å². The number of ether oxygens (including phenoxy) is 2. The van der Waals surface area contributed by atoms with E-state index in [9.17, 15) is 5.11 Å². The normalized spacial score (nSPS) is 10.7. The fourth-order valence-electron chi connectivity index (χ4n) is 2.73. The fourth-order valence-corrected chi connectivity index (χ4v) is 3.50. The van der Waals surface area contributed by atoms with Crippen LogP contribution in [0.5, 0.6) is 17.2 Å². The Morgan fingerprint density at radius 3 is 2.17 bits per heavy atom. The molecular formula is C22H20Cl3NO3. The second-order valence-corrected chi connectivity index (χ2v) is 7.75. The molecule has 0 aliphatic rings. The molecule has 0 saturated carbocycles. The summed E-state index contributed by atoms with van der Waals surface area (Å²) < 4.78 is 11.4. The molecule has 0 spiro atoms. The number of hydrogen-bond donors (Lipinski definition) is 2. The lowest BCUT2D eigenvalue weighted by atomic mass is 10.1. The first-order valence-corrected chi connectivity index (χ1v) is 9.97. The van der Waals surface area contributed by atoms with Crippen molar-refractivity contribution in [3.05, 3.63) is 80.3 Å². The zero-order valence-corrected chi connectivity index (χ0v) is 18.2. The van der Waals surface area contributed by atoms with Crippen molar-refractivity contribution >= 4 is 40.5 Å². The SMILES string of the molecule is COc1cc(CNc2cc(Cl)c(O)c(Cl)c2)cc(Cl)c1OCc1ccc(C)cc1. The molecule has 3 aromatic rings. The molecule has 4 nitrogen and oxygen atoms in total. The highest BCUT2D eigenvalue weighted by molar-refractivity contribution is 6.37. The van der Waals surface area contributed by atoms with Crippen molar-refractivity contribution in [2.24, 2.45) is 0 Å². The van der Waals surface area contributed by atoms with E-state index in [4.69, 9.17) is 44.3 Å². The van der Waals surface area contributed by atoms with Gasteiger partial charge in [-0.1, -0.05) is 64.6 Å². The van der Waals surface area contributed by atoms with E-state index in [1.807, 2.05) is 43.3 Å². The third-order valence-corrected chi connectivity index (χ3v) is 5.16. The minimum atomic E-state index is -0.140. The van der Waals surface area contributed by atoms with Crippen LogP contribution in [0.1, 0.15) is 16.7 Å². The summed E-state index contributed by atoms with van der Waals surface area (Å²) in [4.78, 5) is 0. The van der Waals surface area contributed by atoms with Crippen molar-refractivity contribution in [3.8, 4) is 17.2 Å². The number of phenolic OH excluding ortho intramolecular Hbond substituents is 1. The molecule has 0 unspecified atom stereocenters. The van der Waals surface area contributed by atoms with Gasteiger partial charge in [-0.3, -0.25) is 0 Å². The Morgan fingerprint density at radius 2 is 1.55 bits per heavy atom. The molecule has 29 heavy (non-hydrogen) atoms. The summed E-state index contributed by atoms with van der Waals surface area (Å²) in [5.74, 6) is 0.899. The first kappa shape index (κ1) is 21.4. The number of benzene rings is 3. The van der Waals surface area contributed by atoms with Crippen LogP contribution in [0.4, 0.5) is 5.69 Å². The molecule has 3 rings (SSSR count). The molecule has 0 radical (unpaired) electrons. The summed E-state index contributed by atoms with van der Waals surface area (Å²) >= 11 is 18.4. The molecule has 0 aliphatic carbocycles. The average Bonchev–Trinajstić information content (AvgIpc) is 2.70. The minimum Gasteiger partial charge on any atom is -0.505 e. The van der Waals surface area contributed by atoms with Crippen molar-refractivity contribution < 1.29 is 14.6 Å². The third-order valence-electron chi connectivity index (χ3n) is 4.31. The predicted molar refractivity (Wildman–Crippen MR) is 119 cm³/mol. The van der Waals surface area contributed by atoms with Gasteiger partial charge in [-0.2, -0.15) is 0 Å². The van der Waals surface area contributed by atoms with Crippen LogP contribution in [-0.2, 0) is 13.2 Å². The topological polar surface area (TPSA) is 50.7 Å². The molecule has 0 amide bonds. The molecule has 0 saturated heterocycles. The highest BCUT2D eigenvalue weighted by atomic mass is 35.5. The van der Waals surface area contributed by atoms with Gasteiger partial charge in [0, 0.05) is 12.2 Å². The van der Waals surface area contributed by atoms with Gasteiger partial charge in [-0.25, -0.2) is 0 Å². The molecule has 7 heteroatoms. The molecule has 0 heterocycles. The molecular weight excluding hydrogens is 433 g/mol. The highest BCUT2D eigenvalue weighted by Crippen LogP contribution is 2.38. The van der Waals surface area contributed by atoms with Gasteiger partial charge < -0.3 is 19.9 Å². The summed E-state index contributed by atoms with van der Waals surface area (Å²) in [6.07, 6.45) is 0. The largest absolute Gasteiger partial charge is 0.505 e. The Hall–Kier alpha value is -2.27. The van der Waals surface area contributed by atoms with Gasteiger partial charge in [0.05, 0.1) is 22.2 Å². The van der Waals surface area contributed by atoms with Crippen LogP contribution in [-0.4, -0.2) is 12.2 Å². The fraction of sp³-hybridized carbons (Fsp3) is 0.182. The number of aryl methyl sites for hydroxylation is 1. The summed E-state index contributed by atoms with van der Waals surface area (Å²) in [5.41, 5.74) is 3.79. The second kappa shape index (κ2) is 9.49. The van der Waals surface area contributed by atoms with Crippen LogP contribution < -0.4 is 14.8 Å². The summed E-state index contributed by atoms with van der Waals surface area (Å²) in [7, 11) is 1.57. The second-order valence-electron chi connectivity index (χ2n) is 6.53. The van der Waals surface area contributed by atoms with Crippen LogP contribution in [0.2, 0.25) is 15.1 Å². The molecule has 152 valence electrons. The Balaban J connectivity index is 1.73. The van der Waals surface area contributed by atoms with Crippen LogP contribution in [0, 0.1) is 6.92 Å². The smallest absolute Gasteiger partial charge is 0.180 e. The number of methoxy groups -OCH3 is 1. The van der Waals surface area contributed by atoms with Gasteiger partial charge in [-0.05, 0) is 42.3 Å². The predicted octanol–water partition coefficient (Wildman–Crippen LogP) is 6.86. The number of rotatable bonds is 7. The number of aromatic hydroxyl groups is 1. The lowest BCUT2D eigenvalue weighted by Crippen LogP contribution is -2.03. The molecule has 0 atom stereocenters. The van der Waals surface area contributed by atoms with Crippen LogP contribution in [0.25, 0.3) is 0 Å². The average molecular weight is 453 g/mol. The van der Waals surface area contributed by atoms with Gasteiger partial charge in [0.25, 0.3) is 0 Å². The number of halogens is 3. The lowest BCUT2D eigenvalue weighted by molar-refractivity contribution is 0.284. The van der Waals surface area contributed by atoms with Crippen molar-refractivity contribution in [3.63, 3.8) is 0 Å². The summed E-state index contributed by atoms with van der Waals surface area (Å²) in [5, 5.41) is 13.7. The Morgan fingerprint density at radius 1 is 0.897 bits per heavy atom. The Bertz CT molecular complexity index is 984. The van der Waals surface area contributed by atoms with Crippen molar-refractivity contribution in [2.45, 2.75) is 20.1 Å². The van der Waals surface area contributed by atoms with Crippen molar-refractivity contribution in [1.82, 2.24) is 0 Å². The molecule has 0 bridgehead atoms. The number of nitrogens with one attached hydrogen (secondary N) is 1. The van der Waals surface area contributed by atoms with E-state index in [2.05, 4.69) is 5.32 Å². The van der Waals surface area contributed by atoms with E-state index in [0.29, 0.717) is 35.4 Å². The van der Waals surface area contributed by atoms with Crippen LogP contribution in [0.3, 0.4) is 0 Å². The van der Waals surface area contributed by atoms with Gasteiger partial charge >= 0.3 is 0 Å². The summed E-state index contributed by atoms with van der Waals surface area (Å²) in [6, 6.07) is 15.0. The third kappa shape index (κ3) is 5.41. The van der Waals surface area contributed by atoms with Gasteiger partial charge in [-0.15, -0.1) is 0 Å². The molecule has 0 aromatic heterocycles. The Kier molecular flexibility index (Phi) is 7.01. The maximum Gasteiger partial charge on any atom is 0.180 e. The minimum absolute atomic E-state index is 0.140. The van der Waals surface area contributed by atoms with E-state index in [0.717, 1.165) is 11.1 Å². The van der Waals surface area contributed by atoms with Crippen molar-refractivity contribution in [2.75, 3.05) is 12.4 Å². The Labute approximate surface area is 184 Å². The van der Waals surface area contributed by atoms with E-state index >= 15 is 0 Å². The quantitative estimate of drug-likeness (QED) is 0.384. The number of anilines is 1. The molecule has 0 aliphatic heterocycles. The highest BCUT2D eigenvalue weighted by Gasteiger charge is 2.13. The first-order valence-electron chi connectivity index (χ1n) is 8.84. The van der Waals surface area contributed by atoms with Gasteiger partial charge in [0.2, 0.25) is 0 Å². The number of hydrogen-bond acceptors (Lipinski definition) is 4. The summed E-state index contributed by atoms with van der Waals surface area (Å²) in [6.45, 7) is 2.88. The van der Waals surface area contributed by atoms with Crippen LogP contribution >= 0.6 is 34.8 Å². The number of phenols is 1. The standard InChI is InChI=1S/C22H20Cl3NO3/c1-13-3-5-14(6-4-13)12-29-22-19(25)7-15(8-20(22)28-2)11-26-16-9-17(23)21(27)18(24)10-16/h3-10,26-27H,11-12H2,1-2H3. The van der Waals surface area contributed by atoms with Gasteiger partial charge in [0.1, 0.15) is 6.61 Å². The van der Waals surface area contributed by atoms with E-state index < -0.39 is 0 Å². The zero-order valence-electron chi connectivity index (χ0n) is 15.9. The van der Waals surface area contributed by atoms with E-state index in [1.165, 1.54) is 5.56 Å². The molecule has 2 N–H and O–H groups in total. The maximum atomic E-state index is 9.66. The maximum absolute atomic E-state index is 9.66. The monoisotopic (exact) mass is 451 g/mol. The zero-order chi connectivity index (χ0) is 21.0. The van der Waals surface area contributed by atoms with Gasteiger partial charge in [0.15, 0.2) is 17.2 Å². The van der Waals surface area contributed by atoms with E-state index in [-0.39, 0.29) is 15.8 Å². The molecule has 3 aromatic carbocycles. The lowest BCUT2D eigenvalue weighted by Gasteiger charge is -2.15. The molecule has 0 fully saturated rings. The first-order chi connectivity index (χ1) is 13.9. The van der Waals surface area contributed by atoms with E-state index in [1.54, 1.807) is 19.2 Å².